The first-order valence-corrected chi connectivity index (χ1v) is 9.01. The second-order valence-electron chi connectivity index (χ2n) is 6.55. The summed E-state index contributed by atoms with van der Waals surface area (Å²) in [5, 5.41) is 15.2. The summed E-state index contributed by atoms with van der Waals surface area (Å²) in [6, 6.07) is 7.55. The Bertz CT molecular complexity index is 660. The predicted octanol–water partition coefficient (Wildman–Crippen LogP) is 2.79. The highest BCUT2D eigenvalue weighted by atomic mass is 32.1. The van der Waals surface area contributed by atoms with E-state index in [1.807, 2.05) is 29.6 Å². The van der Waals surface area contributed by atoms with Crippen molar-refractivity contribution in [3.8, 4) is 0 Å². The van der Waals surface area contributed by atoms with Gasteiger partial charge in [0.15, 0.2) is 5.13 Å². The van der Waals surface area contributed by atoms with Gasteiger partial charge < -0.3 is 16.2 Å². The number of nitrogens with one attached hydrogen (secondary N) is 1. The first kappa shape index (κ1) is 18.4. The van der Waals surface area contributed by atoms with Gasteiger partial charge in [-0.15, -0.1) is 11.3 Å². The molecule has 0 saturated heterocycles. The molecule has 2 aromatic rings. The molecular weight excluding hydrogens is 322 g/mol. The van der Waals surface area contributed by atoms with Crippen LogP contribution >= 0.6 is 11.3 Å². The van der Waals surface area contributed by atoms with Crippen LogP contribution in [0.4, 0.5) is 5.13 Å². The zero-order chi connectivity index (χ0) is 17.6. The first-order valence-electron chi connectivity index (χ1n) is 8.13. The number of hydrogen-bond acceptors (Lipinski definition) is 5. The van der Waals surface area contributed by atoms with E-state index in [-0.39, 0.29) is 5.91 Å². The van der Waals surface area contributed by atoms with Crippen LogP contribution in [0.1, 0.15) is 48.3 Å². The lowest BCUT2D eigenvalue weighted by Crippen LogP contribution is -2.24. The molecule has 24 heavy (non-hydrogen) atoms. The quantitative estimate of drug-likeness (QED) is 0.641. The molecule has 0 aliphatic rings. The van der Waals surface area contributed by atoms with Crippen molar-refractivity contribution in [2.75, 3.05) is 12.3 Å². The zero-order valence-electron chi connectivity index (χ0n) is 14.2. The van der Waals surface area contributed by atoms with Crippen molar-refractivity contribution in [1.82, 2.24) is 10.3 Å². The van der Waals surface area contributed by atoms with Crippen LogP contribution < -0.4 is 11.1 Å². The van der Waals surface area contributed by atoms with Gasteiger partial charge in [0.2, 0.25) is 0 Å². The van der Waals surface area contributed by atoms with Gasteiger partial charge in [0.25, 0.3) is 5.91 Å². The summed E-state index contributed by atoms with van der Waals surface area (Å²) in [5.74, 6) is -0.0678. The van der Waals surface area contributed by atoms with E-state index in [4.69, 9.17) is 5.73 Å². The van der Waals surface area contributed by atoms with E-state index in [0.717, 1.165) is 30.5 Å². The normalized spacial score (nSPS) is 11.5. The number of nitrogens with zero attached hydrogens (tertiary/aromatic N) is 1. The molecule has 1 amide bonds. The maximum Gasteiger partial charge on any atom is 0.251 e. The minimum absolute atomic E-state index is 0.0678. The smallest absolute Gasteiger partial charge is 0.251 e. The molecule has 0 bridgehead atoms. The molecule has 6 heteroatoms. The highest BCUT2D eigenvalue weighted by Crippen LogP contribution is 2.14. The Kier molecular flexibility index (Phi) is 6.34. The van der Waals surface area contributed by atoms with Gasteiger partial charge in [-0.05, 0) is 57.2 Å². The maximum atomic E-state index is 12.1. The Balaban J connectivity index is 1.73. The lowest BCUT2D eigenvalue weighted by atomic mass is 9.98. The summed E-state index contributed by atoms with van der Waals surface area (Å²) in [7, 11) is 0. The van der Waals surface area contributed by atoms with Crippen LogP contribution in [0.15, 0.2) is 29.6 Å². The summed E-state index contributed by atoms with van der Waals surface area (Å²) < 4.78 is 0. The van der Waals surface area contributed by atoms with Gasteiger partial charge in [-0.1, -0.05) is 12.1 Å². The van der Waals surface area contributed by atoms with Crippen LogP contribution in [0.3, 0.4) is 0 Å². The summed E-state index contributed by atoms with van der Waals surface area (Å²) in [6.45, 7) is 4.21. The molecule has 0 aliphatic carbocycles. The Morgan fingerprint density at radius 3 is 2.58 bits per heavy atom. The van der Waals surface area contributed by atoms with Crippen LogP contribution in [-0.2, 0) is 12.8 Å². The van der Waals surface area contributed by atoms with E-state index in [9.17, 15) is 9.90 Å². The predicted molar refractivity (Wildman–Crippen MR) is 98.2 cm³/mol. The topological polar surface area (TPSA) is 88.2 Å². The maximum absolute atomic E-state index is 12.1. The summed E-state index contributed by atoms with van der Waals surface area (Å²) >= 11 is 1.44. The molecule has 0 radical (unpaired) electrons. The number of hydrogen-bond donors (Lipinski definition) is 3. The third kappa shape index (κ3) is 6.29. The van der Waals surface area contributed by atoms with E-state index in [0.29, 0.717) is 23.7 Å². The number of aliphatic hydroxyl groups is 1. The Morgan fingerprint density at radius 2 is 2.00 bits per heavy atom. The van der Waals surface area contributed by atoms with Gasteiger partial charge in [0.1, 0.15) is 0 Å². The van der Waals surface area contributed by atoms with Gasteiger partial charge >= 0.3 is 0 Å². The molecule has 2 rings (SSSR count). The van der Waals surface area contributed by atoms with Crippen LogP contribution in [0.5, 0.6) is 0 Å². The molecule has 0 fully saturated rings. The van der Waals surface area contributed by atoms with Crippen molar-refractivity contribution in [3.63, 3.8) is 0 Å². The fourth-order valence-electron chi connectivity index (χ4n) is 2.28. The van der Waals surface area contributed by atoms with E-state index in [2.05, 4.69) is 10.3 Å². The van der Waals surface area contributed by atoms with Gasteiger partial charge in [-0.2, -0.15) is 0 Å². The molecule has 0 saturated carbocycles. The van der Waals surface area contributed by atoms with Gasteiger partial charge in [0.05, 0.1) is 11.3 Å². The molecule has 0 aliphatic heterocycles. The summed E-state index contributed by atoms with van der Waals surface area (Å²) in [5.41, 5.74) is 7.67. The van der Waals surface area contributed by atoms with E-state index in [1.165, 1.54) is 11.3 Å². The molecule has 5 nitrogen and oxygen atoms in total. The number of thiazole rings is 1. The molecule has 130 valence electrons. The van der Waals surface area contributed by atoms with Crippen LogP contribution in [-0.4, -0.2) is 28.1 Å². The van der Waals surface area contributed by atoms with Gasteiger partial charge in [0, 0.05) is 17.5 Å². The first-order chi connectivity index (χ1) is 11.3. The number of nitrogen functional groups attached to an aromatic ring is 1. The number of amides is 1. The summed E-state index contributed by atoms with van der Waals surface area (Å²) in [6.07, 6.45) is 3.13. The lowest BCUT2D eigenvalue weighted by Gasteiger charge is -2.16. The SMILES string of the molecule is CC(C)(O)CCc1ccc(C(=O)NCCCc2csc(N)n2)cc1. The van der Waals surface area contributed by atoms with Crippen molar-refractivity contribution in [2.45, 2.75) is 45.1 Å². The Labute approximate surface area is 146 Å². The number of carbonyl (C=O) groups is 1. The minimum atomic E-state index is -0.669. The van der Waals surface area contributed by atoms with Crippen molar-refractivity contribution in [3.05, 3.63) is 46.5 Å². The molecule has 0 spiro atoms. The fraction of sp³-hybridized carbons (Fsp3) is 0.444. The van der Waals surface area contributed by atoms with Crippen molar-refractivity contribution >= 4 is 22.4 Å². The van der Waals surface area contributed by atoms with Gasteiger partial charge in [-0.3, -0.25) is 4.79 Å². The number of rotatable bonds is 8. The third-order valence-electron chi connectivity index (χ3n) is 3.71. The van der Waals surface area contributed by atoms with Crippen LogP contribution in [0.25, 0.3) is 0 Å². The molecule has 0 unspecified atom stereocenters. The number of carbonyl (C=O) groups excluding carboxylic acids is 1. The van der Waals surface area contributed by atoms with Crippen molar-refractivity contribution in [2.24, 2.45) is 0 Å². The molecule has 4 N–H and O–H groups in total. The zero-order valence-corrected chi connectivity index (χ0v) is 15.0. The molecule has 1 aromatic heterocycles. The largest absolute Gasteiger partial charge is 0.390 e. The highest BCUT2D eigenvalue weighted by molar-refractivity contribution is 7.13. The van der Waals surface area contributed by atoms with Gasteiger partial charge in [-0.25, -0.2) is 4.98 Å². The second-order valence-corrected chi connectivity index (χ2v) is 7.44. The number of aromatic nitrogens is 1. The Hall–Kier alpha value is -1.92. The minimum Gasteiger partial charge on any atom is -0.390 e. The number of aryl methyl sites for hydroxylation is 2. The van der Waals surface area contributed by atoms with Crippen molar-refractivity contribution in [1.29, 1.82) is 0 Å². The number of anilines is 1. The Morgan fingerprint density at radius 1 is 1.29 bits per heavy atom. The molecule has 1 heterocycles. The van der Waals surface area contributed by atoms with Crippen LogP contribution in [0, 0.1) is 0 Å². The standard InChI is InChI=1S/C18H25N3O2S/c1-18(2,23)10-9-13-5-7-14(8-6-13)16(22)20-11-3-4-15-12-24-17(19)21-15/h5-8,12,23H,3-4,9-11H2,1-2H3,(H2,19,21)(H,20,22). The number of benzene rings is 1. The lowest BCUT2D eigenvalue weighted by molar-refractivity contribution is 0.0713. The molecule has 0 atom stereocenters. The van der Waals surface area contributed by atoms with E-state index < -0.39 is 5.60 Å². The van der Waals surface area contributed by atoms with Crippen LogP contribution in [0.2, 0.25) is 0 Å². The van der Waals surface area contributed by atoms with E-state index >= 15 is 0 Å². The summed E-state index contributed by atoms with van der Waals surface area (Å²) in [4.78, 5) is 16.3. The molecule has 1 aromatic carbocycles. The number of nitrogens with two attached hydrogens (primary N) is 1. The fourth-order valence-corrected chi connectivity index (χ4v) is 2.88. The van der Waals surface area contributed by atoms with Crippen molar-refractivity contribution < 1.29 is 9.90 Å². The molecular formula is C18H25N3O2S. The average Bonchev–Trinajstić information content (AvgIpc) is 2.94. The third-order valence-corrected chi connectivity index (χ3v) is 4.43. The van der Waals surface area contributed by atoms with E-state index in [1.54, 1.807) is 13.8 Å². The second kappa shape index (κ2) is 8.26. The average molecular weight is 347 g/mol. The monoisotopic (exact) mass is 347 g/mol. The highest BCUT2D eigenvalue weighted by Gasteiger charge is 2.12.